The predicted octanol–water partition coefficient (Wildman–Crippen LogP) is 3.09. The van der Waals surface area contributed by atoms with Crippen LogP contribution in [0.2, 0.25) is 5.02 Å². The Labute approximate surface area is 127 Å². The molecule has 1 fully saturated rings. The van der Waals surface area contributed by atoms with Gasteiger partial charge >= 0.3 is 0 Å². The Hall–Kier alpha value is -0.770. The van der Waals surface area contributed by atoms with Crippen LogP contribution in [0.1, 0.15) is 31.2 Å². The van der Waals surface area contributed by atoms with Crippen LogP contribution >= 0.6 is 11.6 Å². The van der Waals surface area contributed by atoms with Crippen molar-refractivity contribution in [3.63, 3.8) is 0 Å². The minimum Gasteiger partial charge on any atom is -0.493 e. The number of hydrogen-bond donors (Lipinski definition) is 1. The van der Waals surface area contributed by atoms with E-state index in [1.165, 1.54) is 25.8 Å². The molecule has 0 aromatic heterocycles. The summed E-state index contributed by atoms with van der Waals surface area (Å²) >= 11 is 6.22. The molecule has 0 aliphatic carbocycles. The standard InChI is InChI=1S/C16H25ClN2O/c1-19-11-3-2-5-13(19)9-12-20-16-7-4-6-15(17)14(16)8-10-18/h4,6-7,13H,2-3,5,8-12,18H2,1H3. The molecule has 0 saturated carbocycles. The van der Waals surface area contributed by atoms with Crippen molar-refractivity contribution in [1.29, 1.82) is 0 Å². The van der Waals surface area contributed by atoms with Crippen LogP contribution in [-0.2, 0) is 6.42 Å². The van der Waals surface area contributed by atoms with E-state index in [0.29, 0.717) is 12.6 Å². The second-order valence-electron chi connectivity index (χ2n) is 5.52. The number of rotatable bonds is 6. The second-order valence-corrected chi connectivity index (χ2v) is 5.93. The third-order valence-electron chi connectivity index (χ3n) is 4.10. The quantitative estimate of drug-likeness (QED) is 0.877. The average Bonchev–Trinajstić information content (AvgIpc) is 2.44. The van der Waals surface area contributed by atoms with Gasteiger partial charge in [-0.3, -0.25) is 0 Å². The van der Waals surface area contributed by atoms with Crippen molar-refractivity contribution in [1.82, 2.24) is 4.90 Å². The summed E-state index contributed by atoms with van der Waals surface area (Å²) in [5.41, 5.74) is 6.68. The zero-order chi connectivity index (χ0) is 14.4. The van der Waals surface area contributed by atoms with Crippen LogP contribution in [0.4, 0.5) is 0 Å². The summed E-state index contributed by atoms with van der Waals surface area (Å²) in [7, 11) is 2.21. The molecule has 1 unspecified atom stereocenters. The van der Waals surface area contributed by atoms with Gasteiger partial charge in [-0.15, -0.1) is 0 Å². The highest BCUT2D eigenvalue weighted by atomic mass is 35.5. The zero-order valence-electron chi connectivity index (χ0n) is 12.3. The lowest BCUT2D eigenvalue weighted by Gasteiger charge is -2.32. The Kier molecular flexibility index (Phi) is 6.14. The molecule has 1 aromatic carbocycles. The van der Waals surface area contributed by atoms with Gasteiger partial charge in [-0.25, -0.2) is 0 Å². The minimum atomic E-state index is 0.589. The number of halogens is 1. The van der Waals surface area contributed by atoms with Gasteiger partial charge in [0.25, 0.3) is 0 Å². The fourth-order valence-corrected chi connectivity index (χ4v) is 3.14. The van der Waals surface area contributed by atoms with Gasteiger partial charge in [0.15, 0.2) is 0 Å². The second kappa shape index (κ2) is 7.87. The van der Waals surface area contributed by atoms with Crippen molar-refractivity contribution in [2.24, 2.45) is 5.73 Å². The van der Waals surface area contributed by atoms with Gasteiger partial charge in [-0.05, 0) is 58.0 Å². The number of nitrogens with two attached hydrogens (primary N) is 1. The summed E-state index contributed by atoms with van der Waals surface area (Å²) in [5.74, 6) is 0.890. The zero-order valence-corrected chi connectivity index (χ0v) is 13.0. The third-order valence-corrected chi connectivity index (χ3v) is 4.45. The number of nitrogens with zero attached hydrogens (tertiary/aromatic N) is 1. The van der Waals surface area contributed by atoms with Crippen molar-refractivity contribution in [2.45, 2.75) is 38.1 Å². The van der Waals surface area contributed by atoms with E-state index in [0.717, 1.165) is 35.8 Å². The van der Waals surface area contributed by atoms with Crippen LogP contribution < -0.4 is 10.5 Å². The Balaban J connectivity index is 1.88. The van der Waals surface area contributed by atoms with E-state index >= 15 is 0 Å². The molecular formula is C16H25ClN2O. The Morgan fingerprint density at radius 1 is 1.40 bits per heavy atom. The van der Waals surface area contributed by atoms with Crippen LogP contribution in [0.5, 0.6) is 5.75 Å². The summed E-state index contributed by atoms with van der Waals surface area (Å²) in [6.45, 7) is 2.54. The summed E-state index contributed by atoms with van der Waals surface area (Å²) in [6, 6.07) is 6.47. The van der Waals surface area contributed by atoms with Crippen LogP contribution in [-0.4, -0.2) is 37.7 Å². The summed E-state index contributed by atoms with van der Waals surface area (Å²) in [4.78, 5) is 2.45. The molecule has 1 atom stereocenters. The molecule has 1 heterocycles. The molecular weight excluding hydrogens is 272 g/mol. The van der Waals surface area contributed by atoms with Crippen molar-refractivity contribution in [3.8, 4) is 5.75 Å². The predicted molar refractivity (Wildman–Crippen MR) is 84.6 cm³/mol. The molecule has 0 radical (unpaired) electrons. The maximum absolute atomic E-state index is 6.22. The molecule has 1 saturated heterocycles. The normalized spacial score (nSPS) is 20.1. The summed E-state index contributed by atoms with van der Waals surface area (Å²) < 4.78 is 5.95. The van der Waals surface area contributed by atoms with Crippen molar-refractivity contribution < 1.29 is 4.74 Å². The van der Waals surface area contributed by atoms with Gasteiger partial charge in [0, 0.05) is 16.6 Å². The highest BCUT2D eigenvalue weighted by Gasteiger charge is 2.18. The number of ether oxygens (including phenoxy) is 1. The minimum absolute atomic E-state index is 0.589. The first-order valence-corrected chi connectivity index (χ1v) is 7.90. The Morgan fingerprint density at radius 3 is 3.00 bits per heavy atom. The highest BCUT2D eigenvalue weighted by molar-refractivity contribution is 6.31. The van der Waals surface area contributed by atoms with E-state index in [-0.39, 0.29) is 0 Å². The van der Waals surface area contributed by atoms with Gasteiger partial charge in [-0.2, -0.15) is 0 Å². The lowest BCUT2D eigenvalue weighted by atomic mass is 10.0. The number of piperidine rings is 1. The molecule has 1 aliphatic heterocycles. The number of benzene rings is 1. The molecule has 0 amide bonds. The van der Waals surface area contributed by atoms with E-state index in [4.69, 9.17) is 22.1 Å². The van der Waals surface area contributed by atoms with Crippen LogP contribution in [0.3, 0.4) is 0 Å². The molecule has 4 heteroatoms. The largest absolute Gasteiger partial charge is 0.493 e. The third kappa shape index (κ3) is 4.11. The maximum Gasteiger partial charge on any atom is 0.124 e. The molecule has 112 valence electrons. The fraction of sp³-hybridized carbons (Fsp3) is 0.625. The fourth-order valence-electron chi connectivity index (χ4n) is 2.87. The van der Waals surface area contributed by atoms with Gasteiger partial charge in [-0.1, -0.05) is 24.1 Å². The summed E-state index contributed by atoms with van der Waals surface area (Å²) in [5, 5.41) is 0.753. The molecule has 2 rings (SSSR count). The van der Waals surface area contributed by atoms with Gasteiger partial charge < -0.3 is 15.4 Å². The molecule has 20 heavy (non-hydrogen) atoms. The Morgan fingerprint density at radius 2 is 2.25 bits per heavy atom. The number of likely N-dealkylation sites (tertiary alicyclic amines) is 1. The molecule has 1 aliphatic rings. The van der Waals surface area contributed by atoms with Gasteiger partial charge in [0.2, 0.25) is 0 Å². The smallest absolute Gasteiger partial charge is 0.124 e. The van der Waals surface area contributed by atoms with Crippen LogP contribution in [0.25, 0.3) is 0 Å². The number of hydrogen-bond acceptors (Lipinski definition) is 3. The lowest BCUT2D eigenvalue weighted by Crippen LogP contribution is -2.37. The topological polar surface area (TPSA) is 38.5 Å². The van der Waals surface area contributed by atoms with E-state index in [1.807, 2.05) is 18.2 Å². The van der Waals surface area contributed by atoms with Crippen molar-refractivity contribution in [2.75, 3.05) is 26.7 Å². The van der Waals surface area contributed by atoms with Gasteiger partial charge in [0.1, 0.15) is 5.75 Å². The Bertz CT molecular complexity index is 425. The van der Waals surface area contributed by atoms with Crippen LogP contribution in [0, 0.1) is 0 Å². The summed E-state index contributed by atoms with van der Waals surface area (Å²) in [6.07, 6.45) is 5.78. The first-order valence-electron chi connectivity index (χ1n) is 7.53. The first kappa shape index (κ1) is 15.6. The van der Waals surface area contributed by atoms with E-state index < -0.39 is 0 Å². The van der Waals surface area contributed by atoms with Crippen molar-refractivity contribution in [3.05, 3.63) is 28.8 Å². The van der Waals surface area contributed by atoms with Crippen molar-refractivity contribution >= 4 is 11.6 Å². The SMILES string of the molecule is CN1CCCCC1CCOc1cccc(Cl)c1CCN. The molecule has 0 spiro atoms. The average molecular weight is 297 g/mol. The highest BCUT2D eigenvalue weighted by Crippen LogP contribution is 2.27. The van der Waals surface area contributed by atoms with Gasteiger partial charge in [0.05, 0.1) is 6.61 Å². The van der Waals surface area contributed by atoms with E-state index in [9.17, 15) is 0 Å². The molecule has 1 aromatic rings. The van der Waals surface area contributed by atoms with E-state index in [1.54, 1.807) is 0 Å². The lowest BCUT2D eigenvalue weighted by molar-refractivity contribution is 0.153. The van der Waals surface area contributed by atoms with E-state index in [2.05, 4.69) is 11.9 Å². The first-order chi connectivity index (χ1) is 9.72. The molecule has 2 N–H and O–H groups in total. The monoisotopic (exact) mass is 296 g/mol. The molecule has 3 nitrogen and oxygen atoms in total. The molecule has 0 bridgehead atoms. The van der Waals surface area contributed by atoms with Crippen LogP contribution in [0.15, 0.2) is 18.2 Å². The maximum atomic E-state index is 6.22.